The molecular weight excluding hydrogens is 252 g/mol. The summed E-state index contributed by atoms with van der Waals surface area (Å²) in [5.74, 6) is -0.334. The van der Waals surface area contributed by atoms with Gasteiger partial charge in [-0.25, -0.2) is 8.42 Å². The van der Waals surface area contributed by atoms with Crippen molar-refractivity contribution in [3.05, 3.63) is 29.8 Å². The molecule has 0 atom stereocenters. The highest BCUT2D eigenvalue weighted by Gasteiger charge is 2.10. The van der Waals surface area contributed by atoms with E-state index >= 15 is 0 Å². The third-order valence-electron chi connectivity index (χ3n) is 2.03. The van der Waals surface area contributed by atoms with Crippen LogP contribution in [0.2, 0.25) is 0 Å². The fourth-order valence-electron chi connectivity index (χ4n) is 1.20. The average molecular weight is 263 g/mol. The van der Waals surface area contributed by atoms with Crippen LogP contribution in [-0.4, -0.2) is 21.5 Å². The Morgan fingerprint density at radius 2 is 2.12 bits per heavy atom. The van der Waals surface area contributed by atoms with Crippen molar-refractivity contribution in [1.29, 1.82) is 0 Å². The molecule has 0 saturated heterocycles. The first-order valence-corrected chi connectivity index (χ1v) is 6.85. The smallest absolute Gasteiger partial charge is 0.305 e. The molecule has 16 heavy (non-hydrogen) atoms. The van der Waals surface area contributed by atoms with Crippen molar-refractivity contribution in [3.8, 4) is 0 Å². The van der Waals surface area contributed by atoms with E-state index in [1.807, 2.05) is 0 Å². The summed E-state index contributed by atoms with van der Waals surface area (Å²) in [6.45, 7) is 0. The van der Waals surface area contributed by atoms with Crippen LogP contribution in [-0.2, 0) is 25.0 Å². The molecule has 4 nitrogen and oxygen atoms in total. The number of rotatable bonds is 4. The van der Waals surface area contributed by atoms with Gasteiger partial charge in [0.15, 0.2) is 0 Å². The van der Waals surface area contributed by atoms with E-state index in [1.54, 1.807) is 12.1 Å². The lowest BCUT2D eigenvalue weighted by atomic mass is 10.1. The molecule has 0 spiro atoms. The predicted molar refractivity (Wildman–Crippen MR) is 59.8 cm³/mol. The maximum absolute atomic E-state index is 11.1. The van der Waals surface area contributed by atoms with Crippen LogP contribution in [0.1, 0.15) is 12.0 Å². The van der Waals surface area contributed by atoms with Gasteiger partial charge in [-0.05, 0) is 24.1 Å². The number of halogens is 1. The first-order chi connectivity index (χ1) is 7.43. The molecule has 0 amide bonds. The Morgan fingerprint density at radius 1 is 1.44 bits per heavy atom. The van der Waals surface area contributed by atoms with E-state index in [9.17, 15) is 13.2 Å². The Bertz CT molecular complexity index is 481. The molecule has 1 aromatic carbocycles. The molecule has 0 aliphatic rings. The van der Waals surface area contributed by atoms with Crippen LogP contribution >= 0.6 is 10.7 Å². The molecule has 0 bridgehead atoms. The number of carbonyl (C=O) groups is 1. The first-order valence-electron chi connectivity index (χ1n) is 4.54. The van der Waals surface area contributed by atoms with Gasteiger partial charge in [-0.3, -0.25) is 4.79 Å². The maximum atomic E-state index is 11.1. The first kappa shape index (κ1) is 13.0. The lowest BCUT2D eigenvalue weighted by Crippen LogP contribution is -2.02. The number of aryl methyl sites for hydroxylation is 1. The molecule has 0 aromatic heterocycles. The van der Waals surface area contributed by atoms with Gasteiger partial charge in [-0.15, -0.1) is 0 Å². The predicted octanol–water partition coefficient (Wildman–Crippen LogP) is 1.72. The van der Waals surface area contributed by atoms with Crippen molar-refractivity contribution < 1.29 is 17.9 Å². The van der Waals surface area contributed by atoms with Gasteiger partial charge in [0.25, 0.3) is 9.05 Å². The molecule has 0 fully saturated rings. The van der Waals surface area contributed by atoms with Crippen LogP contribution in [0.3, 0.4) is 0 Å². The zero-order valence-electron chi connectivity index (χ0n) is 8.64. The summed E-state index contributed by atoms with van der Waals surface area (Å²) in [5.41, 5.74) is 0.729. The average Bonchev–Trinajstić information content (AvgIpc) is 2.25. The molecule has 0 N–H and O–H groups in total. The SMILES string of the molecule is COC(=O)CCc1cccc(S(=O)(=O)Cl)c1. The molecule has 0 saturated carbocycles. The van der Waals surface area contributed by atoms with E-state index in [2.05, 4.69) is 4.74 Å². The number of benzene rings is 1. The van der Waals surface area contributed by atoms with Crippen LogP contribution in [0.15, 0.2) is 29.2 Å². The molecule has 0 radical (unpaired) electrons. The lowest BCUT2D eigenvalue weighted by molar-refractivity contribution is -0.140. The summed E-state index contributed by atoms with van der Waals surface area (Å²) >= 11 is 0. The van der Waals surface area contributed by atoms with E-state index in [1.165, 1.54) is 19.2 Å². The van der Waals surface area contributed by atoms with Crippen LogP contribution in [0, 0.1) is 0 Å². The Morgan fingerprint density at radius 3 is 2.69 bits per heavy atom. The van der Waals surface area contributed by atoms with Gasteiger partial charge in [0.2, 0.25) is 0 Å². The van der Waals surface area contributed by atoms with Crippen molar-refractivity contribution in [2.24, 2.45) is 0 Å². The summed E-state index contributed by atoms with van der Waals surface area (Å²) in [6.07, 6.45) is 0.634. The number of esters is 1. The second-order valence-electron chi connectivity index (χ2n) is 3.16. The number of ether oxygens (including phenoxy) is 1. The van der Waals surface area contributed by atoms with E-state index in [0.29, 0.717) is 6.42 Å². The minimum Gasteiger partial charge on any atom is -0.469 e. The van der Waals surface area contributed by atoms with E-state index in [4.69, 9.17) is 10.7 Å². The Labute approximate surface area is 98.6 Å². The van der Waals surface area contributed by atoms with Crippen molar-refractivity contribution in [3.63, 3.8) is 0 Å². The normalized spacial score (nSPS) is 11.1. The summed E-state index contributed by atoms with van der Waals surface area (Å²) in [5, 5.41) is 0. The molecule has 0 unspecified atom stereocenters. The highest BCUT2D eigenvalue weighted by atomic mass is 35.7. The van der Waals surface area contributed by atoms with Gasteiger partial charge in [0.05, 0.1) is 12.0 Å². The van der Waals surface area contributed by atoms with Gasteiger partial charge < -0.3 is 4.74 Å². The summed E-state index contributed by atoms with van der Waals surface area (Å²) in [7, 11) is 2.80. The Hall–Kier alpha value is -1.07. The van der Waals surface area contributed by atoms with Gasteiger partial charge >= 0.3 is 5.97 Å². The lowest BCUT2D eigenvalue weighted by Gasteiger charge is -2.02. The summed E-state index contributed by atoms with van der Waals surface area (Å²) in [4.78, 5) is 10.9. The highest BCUT2D eigenvalue weighted by molar-refractivity contribution is 8.13. The molecule has 1 rings (SSSR count). The van der Waals surface area contributed by atoms with Gasteiger partial charge in [-0.2, -0.15) is 0 Å². The van der Waals surface area contributed by atoms with Crippen LogP contribution in [0.25, 0.3) is 0 Å². The van der Waals surface area contributed by atoms with E-state index in [0.717, 1.165) is 5.56 Å². The fraction of sp³-hybridized carbons (Fsp3) is 0.300. The zero-order valence-corrected chi connectivity index (χ0v) is 10.2. The van der Waals surface area contributed by atoms with E-state index < -0.39 is 9.05 Å². The van der Waals surface area contributed by atoms with Crippen LogP contribution < -0.4 is 0 Å². The molecule has 1 aromatic rings. The largest absolute Gasteiger partial charge is 0.469 e. The number of methoxy groups -OCH3 is 1. The second-order valence-corrected chi connectivity index (χ2v) is 5.73. The van der Waals surface area contributed by atoms with Crippen LogP contribution in [0.5, 0.6) is 0 Å². The van der Waals surface area contributed by atoms with Crippen LogP contribution in [0.4, 0.5) is 0 Å². The molecule has 0 heterocycles. The molecular formula is C10H11ClO4S. The van der Waals surface area contributed by atoms with E-state index in [-0.39, 0.29) is 17.3 Å². The summed E-state index contributed by atoms with van der Waals surface area (Å²) in [6, 6.07) is 6.17. The topological polar surface area (TPSA) is 60.4 Å². The fourth-order valence-corrected chi connectivity index (χ4v) is 2.02. The monoisotopic (exact) mass is 262 g/mol. The van der Waals surface area contributed by atoms with Crippen molar-refractivity contribution >= 4 is 25.7 Å². The van der Waals surface area contributed by atoms with Gasteiger partial charge in [0, 0.05) is 17.1 Å². The zero-order chi connectivity index (χ0) is 12.2. The second kappa shape index (κ2) is 5.32. The summed E-state index contributed by atoms with van der Waals surface area (Å²) < 4.78 is 26.6. The Kier molecular flexibility index (Phi) is 4.32. The maximum Gasteiger partial charge on any atom is 0.305 e. The quantitative estimate of drug-likeness (QED) is 0.612. The third kappa shape index (κ3) is 3.83. The standard InChI is InChI=1S/C10H11ClO4S/c1-15-10(12)6-5-8-3-2-4-9(7-8)16(11,13)14/h2-4,7H,5-6H2,1H3. The number of carbonyl (C=O) groups excluding carboxylic acids is 1. The molecule has 0 aliphatic heterocycles. The minimum absolute atomic E-state index is 0.0385. The Balaban J connectivity index is 2.80. The van der Waals surface area contributed by atoms with Gasteiger partial charge in [-0.1, -0.05) is 12.1 Å². The molecule has 0 aliphatic carbocycles. The van der Waals surface area contributed by atoms with Crippen molar-refractivity contribution in [2.75, 3.05) is 7.11 Å². The van der Waals surface area contributed by atoms with Gasteiger partial charge in [0.1, 0.15) is 0 Å². The highest BCUT2D eigenvalue weighted by Crippen LogP contribution is 2.17. The number of hydrogen-bond donors (Lipinski definition) is 0. The number of hydrogen-bond acceptors (Lipinski definition) is 4. The van der Waals surface area contributed by atoms with Crippen molar-refractivity contribution in [2.45, 2.75) is 17.7 Å². The third-order valence-corrected chi connectivity index (χ3v) is 3.38. The van der Waals surface area contributed by atoms with Crippen molar-refractivity contribution in [1.82, 2.24) is 0 Å². The molecule has 88 valence electrons. The minimum atomic E-state index is -3.71. The molecule has 6 heteroatoms.